The monoisotopic (exact) mass is 281 g/mol. The van der Waals surface area contributed by atoms with Crippen molar-refractivity contribution in [3.8, 4) is 0 Å². The fourth-order valence-electron chi connectivity index (χ4n) is 1.91. The Morgan fingerprint density at radius 2 is 2.12 bits per heavy atom. The number of benzene rings is 1. The highest BCUT2D eigenvalue weighted by Gasteiger charge is 2.19. The van der Waals surface area contributed by atoms with Crippen LogP contribution in [0.2, 0.25) is 0 Å². The lowest BCUT2D eigenvalue weighted by molar-refractivity contribution is 0.620. The Labute approximate surface area is 107 Å². The summed E-state index contributed by atoms with van der Waals surface area (Å²) < 4.78 is 1.21. The summed E-state index contributed by atoms with van der Waals surface area (Å²) in [6, 6.07) is 7.53. The van der Waals surface area contributed by atoms with Gasteiger partial charge in [-0.05, 0) is 62.8 Å². The molecule has 0 aromatic heterocycles. The molecule has 1 aliphatic rings. The fraction of sp³-hybridized carbons (Fsp3) is 0.571. The van der Waals surface area contributed by atoms with Crippen molar-refractivity contribution in [2.24, 2.45) is 0 Å². The van der Waals surface area contributed by atoms with Gasteiger partial charge in [0.25, 0.3) is 0 Å². The third kappa shape index (κ3) is 3.91. The van der Waals surface area contributed by atoms with E-state index in [9.17, 15) is 0 Å². The van der Waals surface area contributed by atoms with Crippen LogP contribution in [-0.2, 0) is 6.42 Å². The van der Waals surface area contributed by atoms with E-state index in [2.05, 4.69) is 46.4 Å². The normalized spacial score (nSPS) is 15.4. The second-order valence-electron chi connectivity index (χ2n) is 4.77. The highest BCUT2D eigenvalue weighted by atomic mass is 79.9. The molecule has 0 radical (unpaired) electrons. The van der Waals surface area contributed by atoms with E-state index in [-0.39, 0.29) is 0 Å². The van der Waals surface area contributed by atoms with Crippen molar-refractivity contribution in [1.82, 2.24) is 5.32 Å². The average molecular weight is 282 g/mol. The molecule has 16 heavy (non-hydrogen) atoms. The van der Waals surface area contributed by atoms with E-state index >= 15 is 0 Å². The van der Waals surface area contributed by atoms with Crippen molar-refractivity contribution in [2.45, 2.75) is 45.1 Å². The molecule has 2 rings (SSSR count). The summed E-state index contributed by atoms with van der Waals surface area (Å²) in [5.74, 6) is 0. The lowest BCUT2D eigenvalue weighted by Gasteiger charge is -2.05. The number of rotatable bonds is 6. The first kappa shape index (κ1) is 12.1. The van der Waals surface area contributed by atoms with Gasteiger partial charge >= 0.3 is 0 Å². The first-order valence-corrected chi connectivity index (χ1v) is 7.03. The summed E-state index contributed by atoms with van der Waals surface area (Å²) in [7, 11) is 0. The van der Waals surface area contributed by atoms with Crippen LogP contribution in [0, 0.1) is 6.92 Å². The smallest absolute Gasteiger partial charge is 0.0204 e. The molecule has 1 N–H and O–H groups in total. The van der Waals surface area contributed by atoms with Crippen LogP contribution in [0.4, 0.5) is 0 Å². The molecule has 1 nitrogen and oxygen atoms in total. The van der Waals surface area contributed by atoms with E-state index in [1.807, 2.05) is 0 Å². The van der Waals surface area contributed by atoms with Gasteiger partial charge < -0.3 is 5.32 Å². The van der Waals surface area contributed by atoms with Crippen LogP contribution in [0.1, 0.15) is 36.8 Å². The summed E-state index contributed by atoms with van der Waals surface area (Å²) in [6.45, 7) is 3.35. The molecular formula is C14H20BrN. The molecule has 1 aliphatic carbocycles. The molecule has 0 unspecified atom stereocenters. The zero-order valence-corrected chi connectivity index (χ0v) is 11.5. The Kier molecular flexibility index (Phi) is 4.42. The molecule has 0 heterocycles. The number of nitrogens with one attached hydrogen (secondary N) is 1. The Morgan fingerprint density at radius 1 is 1.31 bits per heavy atom. The van der Waals surface area contributed by atoms with Crippen molar-refractivity contribution in [2.75, 3.05) is 6.54 Å². The summed E-state index contributed by atoms with van der Waals surface area (Å²) in [4.78, 5) is 0. The lowest BCUT2D eigenvalue weighted by Crippen LogP contribution is -2.17. The van der Waals surface area contributed by atoms with Crippen LogP contribution in [0.15, 0.2) is 22.7 Å². The van der Waals surface area contributed by atoms with Gasteiger partial charge in [-0.1, -0.05) is 28.1 Å². The van der Waals surface area contributed by atoms with Gasteiger partial charge in [0.05, 0.1) is 0 Å². The van der Waals surface area contributed by atoms with Gasteiger partial charge in [0.15, 0.2) is 0 Å². The number of unbranched alkanes of at least 4 members (excludes halogenated alkanes) is 1. The van der Waals surface area contributed by atoms with Crippen molar-refractivity contribution < 1.29 is 0 Å². The number of halogens is 1. The van der Waals surface area contributed by atoms with Crippen LogP contribution in [0.3, 0.4) is 0 Å². The Bertz CT molecular complexity index is 345. The first-order chi connectivity index (χ1) is 7.75. The summed E-state index contributed by atoms with van der Waals surface area (Å²) >= 11 is 3.54. The maximum absolute atomic E-state index is 3.56. The minimum atomic E-state index is 0.856. The van der Waals surface area contributed by atoms with E-state index < -0.39 is 0 Å². The zero-order valence-electron chi connectivity index (χ0n) is 9.93. The quantitative estimate of drug-likeness (QED) is 0.782. The average Bonchev–Trinajstić information content (AvgIpc) is 3.07. The highest BCUT2D eigenvalue weighted by molar-refractivity contribution is 9.10. The van der Waals surface area contributed by atoms with Crippen molar-refractivity contribution >= 4 is 15.9 Å². The SMILES string of the molecule is Cc1cc(CCCCNC2CC2)ccc1Br. The standard InChI is InChI=1S/C14H20BrN/c1-11-10-12(5-8-14(11)15)4-2-3-9-16-13-6-7-13/h5,8,10,13,16H,2-4,6-7,9H2,1H3. The zero-order chi connectivity index (χ0) is 11.4. The molecule has 0 aliphatic heterocycles. The van der Waals surface area contributed by atoms with Crippen LogP contribution >= 0.6 is 15.9 Å². The van der Waals surface area contributed by atoms with E-state index in [0.717, 1.165) is 6.04 Å². The Balaban J connectivity index is 1.65. The largest absolute Gasteiger partial charge is 0.314 e. The number of hydrogen-bond acceptors (Lipinski definition) is 1. The minimum absolute atomic E-state index is 0.856. The van der Waals surface area contributed by atoms with E-state index in [1.54, 1.807) is 0 Å². The lowest BCUT2D eigenvalue weighted by atomic mass is 10.1. The second kappa shape index (κ2) is 5.83. The van der Waals surface area contributed by atoms with Crippen LogP contribution in [0.25, 0.3) is 0 Å². The first-order valence-electron chi connectivity index (χ1n) is 6.24. The molecule has 0 spiro atoms. The van der Waals surface area contributed by atoms with Gasteiger partial charge in [-0.25, -0.2) is 0 Å². The second-order valence-corrected chi connectivity index (χ2v) is 5.62. The Morgan fingerprint density at radius 3 is 2.81 bits per heavy atom. The molecule has 1 fully saturated rings. The van der Waals surface area contributed by atoms with Gasteiger partial charge in [-0.3, -0.25) is 0 Å². The minimum Gasteiger partial charge on any atom is -0.314 e. The third-order valence-electron chi connectivity index (χ3n) is 3.12. The number of hydrogen-bond donors (Lipinski definition) is 1. The predicted octanol–water partition coefficient (Wildman–Crippen LogP) is 3.83. The molecule has 2 heteroatoms. The van der Waals surface area contributed by atoms with Gasteiger partial charge in [0.2, 0.25) is 0 Å². The topological polar surface area (TPSA) is 12.0 Å². The van der Waals surface area contributed by atoms with E-state index in [0.29, 0.717) is 0 Å². The molecule has 0 saturated heterocycles. The highest BCUT2D eigenvalue weighted by Crippen LogP contribution is 2.19. The Hall–Kier alpha value is -0.340. The van der Waals surface area contributed by atoms with E-state index in [1.165, 1.54) is 54.2 Å². The molecule has 0 atom stereocenters. The molecule has 88 valence electrons. The van der Waals surface area contributed by atoms with Crippen molar-refractivity contribution in [3.63, 3.8) is 0 Å². The molecule has 1 saturated carbocycles. The van der Waals surface area contributed by atoms with Crippen LogP contribution in [0.5, 0.6) is 0 Å². The molecule has 0 bridgehead atoms. The molecule has 1 aromatic carbocycles. The van der Waals surface area contributed by atoms with Crippen molar-refractivity contribution in [1.29, 1.82) is 0 Å². The molecule has 1 aromatic rings. The van der Waals surface area contributed by atoms with Crippen LogP contribution in [-0.4, -0.2) is 12.6 Å². The summed E-state index contributed by atoms with van der Waals surface area (Å²) in [5.41, 5.74) is 2.81. The third-order valence-corrected chi connectivity index (χ3v) is 4.01. The van der Waals surface area contributed by atoms with Gasteiger partial charge in [0.1, 0.15) is 0 Å². The van der Waals surface area contributed by atoms with Crippen LogP contribution < -0.4 is 5.32 Å². The predicted molar refractivity (Wildman–Crippen MR) is 72.8 cm³/mol. The molecule has 0 amide bonds. The van der Waals surface area contributed by atoms with Gasteiger partial charge in [0, 0.05) is 10.5 Å². The van der Waals surface area contributed by atoms with Gasteiger partial charge in [-0.2, -0.15) is 0 Å². The van der Waals surface area contributed by atoms with Gasteiger partial charge in [-0.15, -0.1) is 0 Å². The summed E-state index contributed by atoms with van der Waals surface area (Å²) in [6.07, 6.45) is 6.59. The maximum Gasteiger partial charge on any atom is 0.0204 e. The molecular weight excluding hydrogens is 262 g/mol. The van der Waals surface area contributed by atoms with Crippen molar-refractivity contribution in [3.05, 3.63) is 33.8 Å². The van der Waals surface area contributed by atoms with E-state index in [4.69, 9.17) is 0 Å². The maximum atomic E-state index is 3.56. The fourth-order valence-corrected chi connectivity index (χ4v) is 2.16. The summed E-state index contributed by atoms with van der Waals surface area (Å²) in [5, 5.41) is 3.56. The number of aryl methyl sites for hydroxylation is 2.